The van der Waals surface area contributed by atoms with Gasteiger partial charge < -0.3 is 25.7 Å². The fraction of sp³-hybridized carbons (Fsp3) is 0.818. The second-order valence-corrected chi connectivity index (χ2v) is 4.35. The molecule has 0 aromatic carbocycles. The first-order valence-corrected chi connectivity index (χ1v) is 6.24. The molecule has 1 fully saturated rings. The van der Waals surface area contributed by atoms with Gasteiger partial charge in [0.25, 0.3) is 0 Å². The lowest BCUT2D eigenvalue weighted by atomic mass is 10.2. The van der Waals surface area contributed by atoms with Gasteiger partial charge in [-0.2, -0.15) is 0 Å². The molecule has 18 heavy (non-hydrogen) atoms. The van der Waals surface area contributed by atoms with Crippen molar-refractivity contribution < 1.29 is 19.8 Å². The molecule has 7 heteroatoms. The van der Waals surface area contributed by atoms with Gasteiger partial charge in [0.05, 0.1) is 0 Å². The van der Waals surface area contributed by atoms with Gasteiger partial charge in [-0.1, -0.05) is 0 Å². The highest BCUT2D eigenvalue weighted by Gasteiger charge is 2.19. The van der Waals surface area contributed by atoms with Crippen molar-refractivity contribution in [3.8, 4) is 0 Å². The number of hydrogen-bond donors (Lipinski definition) is 4. The Balaban J connectivity index is 2.16. The van der Waals surface area contributed by atoms with E-state index >= 15 is 0 Å². The first kappa shape index (κ1) is 14.7. The number of likely N-dealkylation sites (tertiary alicyclic amines) is 1. The van der Waals surface area contributed by atoms with Gasteiger partial charge in [-0.25, -0.2) is 9.59 Å². The number of hydrogen-bond acceptors (Lipinski definition) is 4. The Labute approximate surface area is 106 Å². The van der Waals surface area contributed by atoms with Crippen molar-refractivity contribution in [2.75, 3.05) is 32.8 Å². The van der Waals surface area contributed by atoms with Gasteiger partial charge in [-0.15, -0.1) is 0 Å². The van der Waals surface area contributed by atoms with Crippen LogP contribution < -0.4 is 10.6 Å². The van der Waals surface area contributed by atoms with E-state index in [9.17, 15) is 9.59 Å². The zero-order chi connectivity index (χ0) is 13.4. The normalized spacial score (nSPS) is 17.4. The van der Waals surface area contributed by atoms with Crippen LogP contribution in [0.3, 0.4) is 0 Å². The number of rotatable bonds is 7. The largest absolute Gasteiger partial charge is 0.480 e. The maximum atomic E-state index is 11.4. The third kappa shape index (κ3) is 5.33. The summed E-state index contributed by atoms with van der Waals surface area (Å²) in [5, 5.41) is 22.4. The van der Waals surface area contributed by atoms with E-state index in [-0.39, 0.29) is 13.0 Å². The molecule has 1 aliphatic heterocycles. The van der Waals surface area contributed by atoms with Crippen LogP contribution in [-0.4, -0.2) is 65.9 Å². The number of amides is 2. The third-order valence-electron chi connectivity index (χ3n) is 2.93. The zero-order valence-electron chi connectivity index (χ0n) is 10.4. The van der Waals surface area contributed by atoms with Crippen molar-refractivity contribution in [3.63, 3.8) is 0 Å². The molecule has 1 heterocycles. The summed E-state index contributed by atoms with van der Waals surface area (Å²) < 4.78 is 0. The molecule has 1 rings (SSSR count). The lowest BCUT2D eigenvalue weighted by Gasteiger charge is -2.17. The summed E-state index contributed by atoms with van der Waals surface area (Å²) in [6, 6.07) is -1.54. The van der Waals surface area contributed by atoms with Crippen LogP contribution in [0.4, 0.5) is 4.79 Å². The Morgan fingerprint density at radius 2 is 1.94 bits per heavy atom. The molecule has 1 atom stereocenters. The summed E-state index contributed by atoms with van der Waals surface area (Å²) >= 11 is 0. The second kappa shape index (κ2) is 7.88. The minimum Gasteiger partial charge on any atom is -0.480 e. The number of carbonyl (C=O) groups is 2. The molecule has 0 bridgehead atoms. The van der Waals surface area contributed by atoms with Crippen LogP contribution in [0.5, 0.6) is 0 Å². The van der Waals surface area contributed by atoms with Crippen molar-refractivity contribution in [2.24, 2.45) is 0 Å². The standard InChI is InChI=1S/C11H21N3O4/c15-8-3-9(10(16)17)13-11(18)12-4-7-14-5-1-2-6-14/h9,15H,1-8H2,(H,16,17)(H2,12,13,18)/t9-/m0/s1. The number of carboxylic acid groups (broad SMARTS) is 1. The smallest absolute Gasteiger partial charge is 0.326 e. The quantitative estimate of drug-likeness (QED) is 0.480. The van der Waals surface area contributed by atoms with Crippen LogP contribution >= 0.6 is 0 Å². The van der Waals surface area contributed by atoms with E-state index in [0.717, 1.165) is 19.6 Å². The SMILES string of the molecule is O=C(NCCN1CCCC1)N[C@@H](CCO)C(=O)O. The van der Waals surface area contributed by atoms with Gasteiger partial charge in [0.1, 0.15) is 6.04 Å². The second-order valence-electron chi connectivity index (χ2n) is 4.35. The predicted molar refractivity (Wildman–Crippen MR) is 65.3 cm³/mol. The molecule has 0 unspecified atom stereocenters. The minimum absolute atomic E-state index is 0.00881. The molecule has 104 valence electrons. The molecular formula is C11H21N3O4. The molecule has 0 aromatic rings. The van der Waals surface area contributed by atoms with Crippen molar-refractivity contribution >= 4 is 12.0 Å². The van der Waals surface area contributed by atoms with Crippen LogP contribution in [0.25, 0.3) is 0 Å². The number of urea groups is 1. The first-order chi connectivity index (χ1) is 8.63. The fourth-order valence-electron chi connectivity index (χ4n) is 1.93. The van der Waals surface area contributed by atoms with Crippen LogP contribution in [0, 0.1) is 0 Å². The van der Waals surface area contributed by atoms with Gasteiger partial charge in [0.15, 0.2) is 0 Å². The van der Waals surface area contributed by atoms with E-state index in [1.54, 1.807) is 0 Å². The summed E-state index contributed by atoms with van der Waals surface area (Å²) in [5.41, 5.74) is 0. The number of carboxylic acids is 1. The van der Waals surface area contributed by atoms with E-state index in [0.29, 0.717) is 6.54 Å². The van der Waals surface area contributed by atoms with Crippen LogP contribution in [0.2, 0.25) is 0 Å². The average Bonchev–Trinajstić information content (AvgIpc) is 2.81. The minimum atomic E-state index is -1.14. The summed E-state index contributed by atoms with van der Waals surface area (Å²) in [6.45, 7) is 3.13. The van der Waals surface area contributed by atoms with Crippen LogP contribution in [0.15, 0.2) is 0 Å². The van der Waals surface area contributed by atoms with E-state index in [1.807, 2.05) is 0 Å². The fourth-order valence-corrected chi connectivity index (χ4v) is 1.93. The zero-order valence-corrected chi connectivity index (χ0v) is 10.4. The molecular weight excluding hydrogens is 238 g/mol. The number of aliphatic carboxylic acids is 1. The lowest BCUT2D eigenvalue weighted by Crippen LogP contribution is -2.47. The van der Waals surface area contributed by atoms with E-state index in [4.69, 9.17) is 10.2 Å². The predicted octanol–water partition coefficient (Wildman–Crippen LogP) is -0.783. The Kier molecular flexibility index (Phi) is 6.45. The Morgan fingerprint density at radius 1 is 1.28 bits per heavy atom. The highest BCUT2D eigenvalue weighted by atomic mass is 16.4. The number of aliphatic hydroxyl groups excluding tert-OH is 1. The van der Waals surface area contributed by atoms with Gasteiger partial charge >= 0.3 is 12.0 Å². The summed E-state index contributed by atoms with van der Waals surface area (Å²) in [4.78, 5) is 24.4. The number of nitrogens with one attached hydrogen (secondary N) is 2. The summed E-state index contributed by atoms with van der Waals surface area (Å²) in [5.74, 6) is -1.14. The molecule has 0 saturated carbocycles. The van der Waals surface area contributed by atoms with Crippen LogP contribution in [-0.2, 0) is 4.79 Å². The Bertz CT molecular complexity index is 279. The van der Waals surface area contributed by atoms with Gasteiger partial charge in [-0.3, -0.25) is 0 Å². The Morgan fingerprint density at radius 3 is 2.50 bits per heavy atom. The number of nitrogens with zero attached hydrogens (tertiary/aromatic N) is 1. The van der Waals surface area contributed by atoms with E-state index in [1.165, 1.54) is 12.8 Å². The van der Waals surface area contributed by atoms with Crippen molar-refractivity contribution in [1.82, 2.24) is 15.5 Å². The molecule has 1 saturated heterocycles. The third-order valence-corrected chi connectivity index (χ3v) is 2.93. The van der Waals surface area contributed by atoms with Gasteiger partial charge in [-0.05, 0) is 25.9 Å². The van der Waals surface area contributed by atoms with E-state index < -0.39 is 18.0 Å². The molecule has 4 N–H and O–H groups in total. The number of aliphatic hydroxyl groups is 1. The van der Waals surface area contributed by atoms with Crippen molar-refractivity contribution in [2.45, 2.75) is 25.3 Å². The topological polar surface area (TPSA) is 102 Å². The molecule has 0 spiro atoms. The Hall–Kier alpha value is -1.34. The van der Waals surface area contributed by atoms with Crippen molar-refractivity contribution in [3.05, 3.63) is 0 Å². The summed E-state index contributed by atoms with van der Waals surface area (Å²) in [7, 11) is 0. The van der Waals surface area contributed by atoms with E-state index in [2.05, 4.69) is 15.5 Å². The monoisotopic (exact) mass is 259 g/mol. The molecule has 0 aliphatic carbocycles. The molecule has 7 nitrogen and oxygen atoms in total. The van der Waals surface area contributed by atoms with Gasteiger partial charge in [0, 0.05) is 26.1 Å². The maximum Gasteiger partial charge on any atom is 0.326 e. The van der Waals surface area contributed by atoms with Crippen LogP contribution in [0.1, 0.15) is 19.3 Å². The maximum absolute atomic E-state index is 11.4. The highest BCUT2D eigenvalue weighted by Crippen LogP contribution is 2.05. The lowest BCUT2D eigenvalue weighted by molar-refractivity contribution is -0.139. The molecule has 0 aromatic heterocycles. The number of carbonyl (C=O) groups excluding carboxylic acids is 1. The summed E-state index contributed by atoms with van der Waals surface area (Å²) in [6.07, 6.45) is 2.41. The molecule has 1 aliphatic rings. The van der Waals surface area contributed by atoms with Crippen molar-refractivity contribution in [1.29, 1.82) is 0 Å². The highest BCUT2D eigenvalue weighted by molar-refractivity contribution is 5.82. The first-order valence-electron chi connectivity index (χ1n) is 6.24. The average molecular weight is 259 g/mol. The molecule has 2 amide bonds. The molecule has 0 radical (unpaired) electrons. The van der Waals surface area contributed by atoms with Gasteiger partial charge in [0.2, 0.25) is 0 Å².